The van der Waals surface area contributed by atoms with Gasteiger partial charge in [-0.2, -0.15) is 5.10 Å². The molecule has 0 atom stereocenters. The average Bonchev–Trinajstić information content (AvgIpc) is 2.92. The molecule has 3 rings (SSSR count). The molecule has 3 nitrogen and oxygen atoms in total. The summed E-state index contributed by atoms with van der Waals surface area (Å²) in [5.74, 6) is -0.295. The second-order valence-corrected chi connectivity index (χ2v) is 5.03. The van der Waals surface area contributed by atoms with Crippen LogP contribution in [-0.2, 0) is 6.54 Å². The van der Waals surface area contributed by atoms with Crippen LogP contribution in [0.15, 0.2) is 54.6 Å². The summed E-state index contributed by atoms with van der Waals surface area (Å²) in [6.07, 6.45) is 0. The maximum absolute atomic E-state index is 14.1. The van der Waals surface area contributed by atoms with Crippen molar-refractivity contribution in [3.8, 4) is 16.9 Å². The molecule has 0 aliphatic heterocycles. The number of benzene rings is 2. The zero-order valence-electron chi connectivity index (χ0n) is 11.1. The quantitative estimate of drug-likeness (QED) is 0.800. The topological polar surface area (TPSA) is 43.8 Å². The Kier molecular flexibility index (Phi) is 3.73. The van der Waals surface area contributed by atoms with Crippen molar-refractivity contribution >= 4 is 11.6 Å². The molecule has 0 saturated carbocycles. The highest BCUT2D eigenvalue weighted by molar-refractivity contribution is 6.30. The third-order valence-corrected chi connectivity index (χ3v) is 3.44. The molecule has 0 amide bonds. The number of aromatic nitrogens is 2. The molecule has 2 N–H and O–H groups in total. The van der Waals surface area contributed by atoms with E-state index in [9.17, 15) is 4.39 Å². The molecule has 1 aromatic heterocycles. The molecular formula is C16H13ClFN3. The van der Waals surface area contributed by atoms with Gasteiger partial charge in [-0.3, -0.25) is 0 Å². The van der Waals surface area contributed by atoms with Gasteiger partial charge in [0, 0.05) is 17.1 Å². The summed E-state index contributed by atoms with van der Waals surface area (Å²) in [6, 6.07) is 15.6. The van der Waals surface area contributed by atoms with E-state index in [0.717, 1.165) is 5.69 Å². The normalized spacial score (nSPS) is 10.8. The Labute approximate surface area is 126 Å². The average molecular weight is 302 g/mol. The van der Waals surface area contributed by atoms with Crippen LogP contribution in [-0.4, -0.2) is 9.78 Å². The largest absolute Gasteiger partial charge is 0.325 e. The Morgan fingerprint density at radius 3 is 2.48 bits per heavy atom. The van der Waals surface area contributed by atoms with Crippen molar-refractivity contribution in [3.63, 3.8) is 0 Å². The van der Waals surface area contributed by atoms with Crippen LogP contribution in [0.4, 0.5) is 4.39 Å². The van der Waals surface area contributed by atoms with Gasteiger partial charge in [0.2, 0.25) is 0 Å². The van der Waals surface area contributed by atoms with E-state index >= 15 is 0 Å². The lowest BCUT2D eigenvalue weighted by molar-refractivity contribution is 0.629. The second kappa shape index (κ2) is 5.68. The number of hydrogen-bond acceptors (Lipinski definition) is 2. The first-order valence-electron chi connectivity index (χ1n) is 6.49. The van der Waals surface area contributed by atoms with Crippen LogP contribution in [0, 0.1) is 5.82 Å². The van der Waals surface area contributed by atoms with Gasteiger partial charge in [-0.1, -0.05) is 23.7 Å². The van der Waals surface area contributed by atoms with Crippen molar-refractivity contribution in [2.75, 3.05) is 0 Å². The van der Waals surface area contributed by atoms with Crippen molar-refractivity contribution in [1.29, 1.82) is 0 Å². The third kappa shape index (κ3) is 2.68. The molecule has 0 radical (unpaired) electrons. The predicted molar refractivity (Wildman–Crippen MR) is 81.9 cm³/mol. The van der Waals surface area contributed by atoms with Gasteiger partial charge in [-0.05, 0) is 42.5 Å². The molecule has 0 saturated heterocycles. The first-order chi connectivity index (χ1) is 10.2. The van der Waals surface area contributed by atoms with E-state index in [0.29, 0.717) is 28.5 Å². The van der Waals surface area contributed by atoms with E-state index in [2.05, 4.69) is 5.10 Å². The van der Waals surface area contributed by atoms with E-state index in [1.165, 1.54) is 6.07 Å². The number of halogens is 2. The van der Waals surface area contributed by atoms with E-state index < -0.39 is 0 Å². The van der Waals surface area contributed by atoms with Crippen molar-refractivity contribution in [3.05, 3.63) is 71.1 Å². The molecule has 2 aromatic carbocycles. The highest BCUT2D eigenvalue weighted by atomic mass is 35.5. The van der Waals surface area contributed by atoms with Gasteiger partial charge in [0.15, 0.2) is 0 Å². The van der Waals surface area contributed by atoms with Gasteiger partial charge in [-0.15, -0.1) is 0 Å². The first kappa shape index (κ1) is 13.8. The van der Waals surface area contributed by atoms with Crippen molar-refractivity contribution < 1.29 is 4.39 Å². The summed E-state index contributed by atoms with van der Waals surface area (Å²) in [6.45, 7) is 0.294. The molecule has 0 bridgehead atoms. The Morgan fingerprint density at radius 1 is 1.10 bits per heavy atom. The van der Waals surface area contributed by atoms with E-state index in [-0.39, 0.29) is 5.82 Å². The molecule has 3 aromatic rings. The zero-order chi connectivity index (χ0) is 14.8. The Balaban J connectivity index is 2.19. The van der Waals surface area contributed by atoms with Crippen LogP contribution in [0.25, 0.3) is 16.9 Å². The molecule has 21 heavy (non-hydrogen) atoms. The number of nitrogens with two attached hydrogens (primary N) is 1. The minimum absolute atomic E-state index is 0.294. The van der Waals surface area contributed by atoms with Crippen LogP contribution in [0.5, 0.6) is 0 Å². The molecule has 5 heteroatoms. The standard InChI is InChI=1S/C16H13ClFN3/c17-11-5-7-13(8-6-11)21-16(9-12(10-19)20-21)14-3-1-2-4-15(14)18/h1-9H,10,19H2. The van der Waals surface area contributed by atoms with Gasteiger partial charge >= 0.3 is 0 Å². The number of hydrogen-bond donors (Lipinski definition) is 1. The highest BCUT2D eigenvalue weighted by Crippen LogP contribution is 2.26. The molecule has 0 aliphatic carbocycles. The van der Waals surface area contributed by atoms with Crippen molar-refractivity contribution in [1.82, 2.24) is 9.78 Å². The van der Waals surface area contributed by atoms with Crippen molar-refractivity contribution in [2.45, 2.75) is 6.54 Å². The summed E-state index contributed by atoms with van der Waals surface area (Å²) >= 11 is 5.90. The van der Waals surface area contributed by atoms with Crippen LogP contribution in [0.2, 0.25) is 5.02 Å². The van der Waals surface area contributed by atoms with Gasteiger partial charge in [0.1, 0.15) is 5.82 Å². The Morgan fingerprint density at radius 2 is 1.81 bits per heavy atom. The fraction of sp³-hybridized carbons (Fsp3) is 0.0625. The monoisotopic (exact) mass is 301 g/mol. The van der Waals surface area contributed by atoms with E-state index in [1.54, 1.807) is 41.1 Å². The zero-order valence-corrected chi connectivity index (χ0v) is 11.9. The summed E-state index contributed by atoms with van der Waals surface area (Å²) < 4.78 is 15.7. The van der Waals surface area contributed by atoms with Crippen molar-refractivity contribution in [2.24, 2.45) is 5.73 Å². The lowest BCUT2D eigenvalue weighted by atomic mass is 10.1. The maximum atomic E-state index is 14.1. The van der Waals surface area contributed by atoms with Crippen LogP contribution >= 0.6 is 11.6 Å². The van der Waals surface area contributed by atoms with Crippen LogP contribution in [0.1, 0.15) is 5.69 Å². The molecule has 106 valence electrons. The third-order valence-electron chi connectivity index (χ3n) is 3.19. The highest BCUT2D eigenvalue weighted by Gasteiger charge is 2.14. The van der Waals surface area contributed by atoms with E-state index in [1.807, 2.05) is 12.1 Å². The van der Waals surface area contributed by atoms with Gasteiger partial charge < -0.3 is 5.73 Å². The van der Waals surface area contributed by atoms with Gasteiger partial charge in [0.25, 0.3) is 0 Å². The minimum atomic E-state index is -0.295. The SMILES string of the molecule is NCc1cc(-c2ccccc2F)n(-c2ccc(Cl)cc2)n1. The molecule has 0 unspecified atom stereocenters. The summed E-state index contributed by atoms with van der Waals surface area (Å²) in [4.78, 5) is 0. The van der Waals surface area contributed by atoms with Crippen LogP contribution < -0.4 is 5.73 Å². The van der Waals surface area contributed by atoms with Gasteiger partial charge in [-0.25, -0.2) is 9.07 Å². The first-order valence-corrected chi connectivity index (χ1v) is 6.86. The Hall–Kier alpha value is -2.17. The maximum Gasteiger partial charge on any atom is 0.132 e. The fourth-order valence-corrected chi connectivity index (χ4v) is 2.30. The molecule has 0 spiro atoms. The summed E-state index contributed by atoms with van der Waals surface area (Å²) in [7, 11) is 0. The smallest absolute Gasteiger partial charge is 0.132 e. The van der Waals surface area contributed by atoms with Crippen LogP contribution in [0.3, 0.4) is 0 Å². The predicted octanol–water partition coefficient (Wildman–Crippen LogP) is 3.79. The molecule has 1 heterocycles. The van der Waals surface area contributed by atoms with E-state index in [4.69, 9.17) is 17.3 Å². The summed E-state index contributed by atoms with van der Waals surface area (Å²) in [5.41, 5.74) is 8.31. The fourth-order valence-electron chi connectivity index (χ4n) is 2.17. The second-order valence-electron chi connectivity index (χ2n) is 4.59. The number of nitrogens with zero attached hydrogens (tertiary/aromatic N) is 2. The molecule has 0 aliphatic rings. The lowest BCUT2D eigenvalue weighted by Crippen LogP contribution is -2.02. The van der Waals surface area contributed by atoms with Gasteiger partial charge in [0.05, 0.1) is 17.1 Å². The lowest BCUT2D eigenvalue weighted by Gasteiger charge is -2.08. The Bertz CT molecular complexity index is 765. The number of rotatable bonds is 3. The minimum Gasteiger partial charge on any atom is -0.325 e. The molecule has 0 fully saturated rings. The molecular weight excluding hydrogens is 289 g/mol. The summed E-state index contributed by atoms with van der Waals surface area (Å²) in [5, 5.41) is 5.06.